The van der Waals surface area contributed by atoms with Crippen LogP contribution in [0.1, 0.15) is 20.8 Å². The van der Waals surface area contributed by atoms with E-state index in [4.69, 9.17) is 4.74 Å². The zero-order chi connectivity index (χ0) is 9.90. The molecular weight excluding hydrogens is 166 g/mol. The van der Waals surface area contributed by atoms with Crippen LogP contribution >= 0.6 is 0 Å². The molecule has 0 saturated carbocycles. The highest BCUT2D eigenvalue weighted by Gasteiger charge is 2.24. The standard InChI is InChI=1S/C10H16NO2/c1-10(2,3)13-9(12)8-5-4-6-11-7-8/h4-5,7-8,11H,6H2,1-3H3. The maximum atomic E-state index is 11.5. The molecule has 1 unspecified atom stereocenters. The number of carbonyl (C=O) groups excluding carboxylic acids is 1. The van der Waals surface area contributed by atoms with Crippen molar-refractivity contribution in [3.63, 3.8) is 0 Å². The van der Waals surface area contributed by atoms with E-state index in [9.17, 15) is 4.79 Å². The van der Waals surface area contributed by atoms with E-state index in [0.29, 0.717) is 0 Å². The van der Waals surface area contributed by atoms with E-state index in [2.05, 4.69) is 5.32 Å². The van der Waals surface area contributed by atoms with Gasteiger partial charge in [0.25, 0.3) is 0 Å². The van der Waals surface area contributed by atoms with Crippen LogP contribution in [0, 0.1) is 12.5 Å². The van der Waals surface area contributed by atoms with Gasteiger partial charge in [0.2, 0.25) is 0 Å². The Kier molecular flexibility index (Phi) is 3.09. The first-order valence-corrected chi connectivity index (χ1v) is 4.45. The van der Waals surface area contributed by atoms with Gasteiger partial charge in [-0.05, 0) is 20.8 Å². The van der Waals surface area contributed by atoms with E-state index in [1.165, 1.54) is 0 Å². The van der Waals surface area contributed by atoms with Crippen molar-refractivity contribution in [2.24, 2.45) is 5.92 Å². The molecule has 0 bridgehead atoms. The summed E-state index contributed by atoms with van der Waals surface area (Å²) >= 11 is 0. The van der Waals surface area contributed by atoms with Crippen LogP contribution in [0.3, 0.4) is 0 Å². The monoisotopic (exact) mass is 182 g/mol. The summed E-state index contributed by atoms with van der Waals surface area (Å²) in [6.45, 7) is 8.15. The molecule has 3 heteroatoms. The maximum absolute atomic E-state index is 11.5. The first-order valence-electron chi connectivity index (χ1n) is 4.45. The van der Waals surface area contributed by atoms with Crippen LogP contribution < -0.4 is 5.32 Å². The van der Waals surface area contributed by atoms with Gasteiger partial charge >= 0.3 is 5.97 Å². The average Bonchev–Trinajstić information content (AvgIpc) is 2.03. The van der Waals surface area contributed by atoms with Crippen LogP contribution in [-0.2, 0) is 9.53 Å². The number of nitrogens with one attached hydrogen (secondary N) is 1. The van der Waals surface area contributed by atoms with Crippen LogP contribution in [0.4, 0.5) is 0 Å². The largest absolute Gasteiger partial charge is 0.459 e. The molecule has 73 valence electrons. The second kappa shape index (κ2) is 3.92. The lowest BCUT2D eigenvalue weighted by Gasteiger charge is -2.23. The van der Waals surface area contributed by atoms with Crippen LogP contribution in [0.25, 0.3) is 0 Å². The van der Waals surface area contributed by atoms with E-state index in [1.807, 2.05) is 32.9 Å². The van der Waals surface area contributed by atoms with Crippen molar-refractivity contribution >= 4 is 5.97 Å². The molecule has 0 aliphatic carbocycles. The lowest BCUT2D eigenvalue weighted by molar-refractivity contribution is -0.157. The highest BCUT2D eigenvalue weighted by molar-refractivity contribution is 5.76. The summed E-state index contributed by atoms with van der Waals surface area (Å²) in [5, 5.41) is 2.99. The van der Waals surface area contributed by atoms with Gasteiger partial charge in [0.05, 0.1) is 5.92 Å². The molecular formula is C10H16NO2. The van der Waals surface area contributed by atoms with Crippen LogP contribution in [0.15, 0.2) is 12.2 Å². The quantitative estimate of drug-likeness (QED) is 0.490. The normalized spacial score (nSPS) is 22.8. The van der Waals surface area contributed by atoms with Crippen molar-refractivity contribution in [2.75, 3.05) is 6.54 Å². The van der Waals surface area contributed by atoms with Gasteiger partial charge in [0, 0.05) is 13.1 Å². The Bertz CT molecular complexity index is 215. The van der Waals surface area contributed by atoms with Crippen LogP contribution in [0.2, 0.25) is 0 Å². The van der Waals surface area contributed by atoms with Crippen LogP contribution in [0.5, 0.6) is 0 Å². The van der Waals surface area contributed by atoms with Gasteiger partial charge in [0.1, 0.15) is 5.60 Å². The smallest absolute Gasteiger partial charge is 0.314 e. The highest BCUT2D eigenvalue weighted by Crippen LogP contribution is 2.14. The summed E-state index contributed by atoms with van der Waals surface area (Å²) in [7, 11) is 0. The zero-order valence-electron chi connectivity index (χ0n) is 8.33. The predicted molar refractivity (Wildman–Crippen MR) is 50.8 cm³/mol. The van der Waals surface area contributed by atoms with Gasteiger partial charge in [0.15, 0.2) is 0 Å². The second-order valence-corrected chi connectivity index (χ2v) is 4.06. The second-order valence-electron chi connectivity index (χ2n) is 4.06. The van der Waals surface area contributed by atoms with Gasteiger partial charge in [-0.15, -0.1) is 0 Å². The number of ether oxygens (including phenoxy) is 1. The molecule has 1 aliphatic heterocycles. The molecule has 0 aromatic rings. The minimum Gasteiger partial charge on any atom is -0.459 e. The van der Waals surface area contributed by atoms with Crippen molar-refractivity contribution in [3.05, 3.63) is 18.7 Å². The minimum atomic E-state index is -0.407. The molecule has 1 heterocycles. The van der Waals surface area contributed by atoms with E-state index in [1.54, 1.807) is 6.54 Å². The summed E-state index contributed by atoms with van der Waals surface area (Å²) < 4.78 is 5.22. The molecule has 0 aromatic carbocycles. The third kappa shape index (κ3) is 3.59. The number of hydrogen-bond donors (Lipinski definition) is 1. The summed E-state index contributed by atoms with van der Waals surface area (Å²) in [6, 6.07) is 0. The van der Waals surface area contributed by atoms with E-state index in [0.717, 1.165) is 6.54 Å². The third-order valence-electron chi connectivity index (χ3n) is 1.56. The number of rotatable bonds is 1. The van der Waals surface area contributed by atoms with Gasteiger partial charge in [-0.25, -0.2) is 0 Å². The summed E-state index contributed by atoms with van der Waals surface area (Å²) in [5.41, 5.74) is -0.407. The molecule has 1 atom stereocenters. The molecule has 0 amide bonds. The van der Waals surface area contributed by atoms with Gasteiger partial charge < -0.3 is 10.1 Å². The minimum absolute atomic E-state index is 0.198. The maximum Gasteiger partial charge on any atom is 0.314 e. The van der Waals surface area contributed by atoms with Gasteiger partial charge in [-0.3, -0.25) is 4.79 Å². The Morgan fingerprint density at radius 3 is 2.69 bits per heavy atom. The molecule has 0 saturated heterocycles. The van der Waals surface area contributed by atoms with Gasteiger partial charge in [-0.2, -0.15) is 0 Å². The molecule has 0 aromatic heterocycles. The third-order valence-corrected chi connectivity index (χ3v) is 1.56. The topological polar surface area (TPSA) is 38.3 Å². The fraction of sp³-hybridized carbons (Fsp3) is 0.600. The molecule has 1 N–H and O–H groups in total. The lowest BCUT2D eigenvalue weighted by atomic mass is 10.1. The predicted octanol–water partition coefficient (Wildman–Crippen LogP) is 1.27. The number of esters is 1. The fourth-order valence-electron chi connectivity index (χ4n) is 1.05. The van der Waals surface area contributed by atoms with Crippen molar-refractivity contribution in [1.82, 2.24) is 5.32 Å². The Labute approximate surface area is 79.2 Å². The van der Waals surface area contributed by atoms with Gasteiger partial charge in [-0.1, -0.05) is 12.2 Å². The lowest BCUT2D eigenvalue weighted by Crippen LogP contribution is -2.32. The summed E-state index contributed by atoms with van der Waals surface area (Å²) in [4.78, 5) is 11.5. The van der Waals surface area contributed by atoms with Crippen molar-refractivity contribution < 1.29 is 9.53 Å². The van der Waals surface area contributed by atoms with Crippen LogP contribution in [-0.4, -0.2) is 18.1 Å². The molecule has 0 spiro atoms. The molecule has 1 aliphatic rings. The molecule has 0 fully saturated rings. The highest BCUT2D eigenvalue weighted by atomic mass is 16.6. The van der Waals surface area contributed by atoms with E-state index >= 15 is 0 Å². The first-order chi connectivity index (χ1) is 5.99. The number of hydrogen-bond acceptors (Lipinski definition) is 3. The SMILES string of the molecule is CC(C)(C)OC(=O)C1[CH]NCC=C1. The average molecular weight is 182 g/mol. The Morgan fingerprint density at radius 2 is 2.23 bits per heavy atom. The van der Waals surface area contributed by atoms with Crippen molar-refractivity contribution in [3.8, 4) is 0 Å². The zero-order valence-corrected chi connectivity index (χ0v) is 8.33. The number of carbonyl (C=O) groups is 1. The first kappa shape index (κ1) is 10.3. The van der Waals surface area contributed by atoms with E-state index < -0.39 is 5.60 Å². The Hall–Kier alpha value is -0.830. The fourth-order valence-corrected chi connectivity index (χ4v) is 1.05. The summed E-state index contributed by atoms with van der Waals surface area (Å²) in [5.74, 6) is -0.441. The Balaban J connectivity index is 2.47. The molecule has 1 radical (unpaired) electrons. The molecule has 3 nitrogen and oxygen atoms in total. The Morgan fingerprint density at radius 1 is 1.54 bits per heavy atom. The van der Waals surface area contributed by atoms with Crippen molar-refractivity contribution in [2.45, 2.75) is 26.4 Å². The molecule has 1 rings (SSSR count). The van der Waals surface area contributed by atoms with E-state index in [-0.39, 0.29) is 11.9 Å². The molecule has 13 heavy (non-hydrogen) atoms. The van der Waals surface area contributed by atoms with Crippen molar-refractivity contribution in [1.29, 1.82) is 0 Å². The summed E-state index contributed by atoms with van der Waals surface area (Å²) in [6.07, 6.45) is 3.78.